The van der Waals surface area contributed by atoms with Gasteiger partial charge in [0.2, 0.25) is 0 Å². The molecule has 1 saturated heterocycles. The maximum absolute atomic E-state index is 10.6. The molecule has 0 saturated carbocycles. The first-order valence-electron chi connectivity index (χ1n) is 11.8. The second-order valence-corrected chi connectivity index (χ2v) is 8.68. The molecular weight excluding hydrogens is 402 g/mol. The van der Waals surface area contributed by atoms with Crippen molar-refractivity contribution < 1.29 is 9.52 Å². The summed E-state index contributed by atoms with van der Waals surface area (Å²) in [5.74, 6) is 1.26. The molecule has 1 fully saturated rings. The van der Waals surface area contributed by atoms with E-state index in [0.29, 0.717) is 5.76 Å². The summed E-state index contributed by atoms with van der Waals surface area (Å²) < 4.78 is 5.33. The topological polar surface area (TPSA) is 76.3 Å². The molecule has 1 atom stereocenters. The summed E-state index contributed by atoms with van der Waals surface area (Å²) in [5, 5.41) is 17.2. The van der Waals surface area contributed by atoms with Gasteiger partial charge in [-0.1, -0.05) is 30.3 Å². The maximum atomic E-state index is 10.6. The summed E-state index contributed by atoms with van der Waals surface area (Å²) >= 11 is 0. The van der Waals surface area contributed by atoms with Crippen LogP contribution in [0.15, 0.2) is 58.1 Å². The zero-order chi connectivity index (χ0) is 22.7. The first-order valence-corrected chi connectivity index (χ1v) is 11.8. The number of guanidine groups is 1. The Kier molecular flexibility index (Phi) is 9.59. The number of benzene rings is 1. The van der Waals surface area contributed by atoms with Crippen LogP contribution in [-0.2, 0) is 12.1 Å². The van der Waals surface area contributed by atoms with Crippen LogP contribution in [0.4, 0.5) is 0 Å². The van der Waals surface area contributed by atoms with E-state index in [9.17, 15) is 5.11 Å². The molecule has 1 aliphatic rings. The summed E-state index contributed by atoms with van der Waals surface area (Å²) in [6, 6.07) is 14.3. The number of hydrogen-bond donors (Lipinski definition) is 3. The molecule has 176 valence electrons. The molecule has 0 radical (unpaired) electrons. The number of aliphatic imine (C=N–C) groups is 1. The molecule has 0 spiro atoms. The predicted molar refractivity (Wildman–Crippen MR) is 130 cm³/mol. The van der Waals surface area contributed by atoms with Crippen LogP contribution in [0.25, 0.3) is 0 Å². The van der Waals surface area contributed by atoms with Crippen molar-refractivity contribution in [2.45, 2.75) is 38.8 Å². The van der Waals surface area contributed by atoms with Crippen molar-refractivity contribution in [1.29, 1.82) is 0 Å². The molecule has 0 bridgehead atoms. The van der Waals surface area contributed by atoms with Crippen LogP contribution >= 0.6 is 0 Å². The molecule has 32 heavy (non-hydrogen) atoms. The minimum Gasteiger partial charge on any atom is -0.466 e. The van der Waals surface area contributed by atoms with Crippen molar-refractivity contribution in [3.05, 3.63) is 60.1 Å². The zero-order valence-corrected chi connectivity index (χ0v) is 19.6. The van der Waals surface area contributed by atoms with Gasteiger partial charge in [-0.15, -0.1) is 0 Å². The van der Waals surface area contributed by atoms with E-state index in [2.05, 4.69) is 55.8 Å². The molecule has 1 unspecified atom stereocenters. The molecule has 2 aromatic rings. The van der Waals surface area contributed by atoms with Gasteiger partial charge in [0.15, 0.2) is 5.96 Å². The summed E-state index contributed by atoms with van der Waals surface area (Å²) in [4.78, 5) is 9.66. The molecule has 7 nitrogen and oxygen atoms in total. The lowest BCUT2D eigenvalue weighted by atomic mass is 10.0. The highest BCUT2D eigenvalue weighted by molar-refractivity contribution is 5.79. The molecule has 1 aliphatic heterocycles. The molecule has 7 heteroatoms. The molecule has 2 heterocycles. The Bertz CT molecular complexity index is 784. The Morgan fingerprint density at radius 1 is 1.03 bits per heavy atom. The van der Waals surface area contributed by atoms with Crippen molar-refractivity contribution in [3.63, 3.8) is 0 Å². The Hall–Kier alpha value is -2.35. The number of rotatable bonds is 11. The maximum Gasteiger partial charge on any atom is 0.191 e. The Morgan fingerprint density at radius 2 is 1.78 bits per heavy atom. The van der Waals surface area contributed by atoms with Gasteiger partial charge in [-0.3, -0.25) is 4.90 Å². The van der Waals surface area contributed by atoms with Gasteiger partial charge >= 0.3 is 0 Å². The highest BCUT2D eigenvalue weighted by Gasteiger charge is 2.26. The summed E-state index contributed by atoms with van der Waals surface area (Å²) in [5.41, 5.74) is 0.282. The van der Waals surface area contributed by atoms with Gasteiger partial charge in [-0.05, 0) is 50.9 Å². The molecule has 3 rings (SSSR count). The van der Waals surface area contributed by atoms with Crippen LogP contribution in [0.5, 0.6) is 0 Å². The molecule has 0 aliphatic carbocycles. The normalized spacial score (nSPS) is 17.8. The van der Waals surface area contributed by atoms with Gasteiger partial charge in [0.1, 0.15) is 11.4 Å². The van der Waals surface area contributed by atoms with Crippen molar-refractivity contribution in [3.8, 4) is 0 Å². The highest BCUT2D eigenvalue weighted by Crippen LogP contribution is 2.21. The number of aliphatic hydroxyl groups is 1. The van der Waals surface area contributed by atoms with Crippen LogP contribution in [0, 0.1) is 0 Å². The second kappa shape index (κ2) is 12.6. The molecule has 0 amide bonds. The first-order chi connectivity index (χ1) is 15.6. The van der Waals surface area contributed by atoms with Crippen LogP contribution in [-0.4, -0.2) is 73.2 Å². The monoisotopic (exact) mass is 441 g/mol. The molecule has 1 aromatic carbocycles. The highest BCUT2D eigenvalue weighted by atomic mass is 16.4. The van der Waals surface area contributed by atoms with E-state index in [1.54, 1.807) is 25.3 Å². The number of hydrogen-bond acceptors (Lipinski definition) is 5. The summed E-state index contributed by atoms with van der Waals surface area (Å²) in [6.45, 7) is 12.4. The molecular formula is C25H39N5O2. The number of furan rings is 1. The molecule has 3 N–H and O–H groups in total. The fraction of sp³-hybridized carbons (Fsp3) is 0.560. The van der Waals surface area contributed by atoms with E-state index in [1.165, 1.54) is 5.56 Å². The van der Waals surface area contributed by atoms with Crippen LogP contribution < -0.4 is 10.6 Å². The van der Waals surface area contributed by atoms with Crippen molar-refractivity contribution in [1.82, 2.24) is 20.4 Å². The standard InChI is InChI=1S/C25H39N5O2/c1-3-26-24(28-21-25(2,31)23-12-9-19-32-23)27-13-7-8-14-29-15-17-30(18-16-29)20-22-10-5-4-6-11-22/h4-6,9-12,19,31H,3,7-8,13-18,20-21H2,1-2H3,(H2,26,27,28). The fourth-order valence-electron chi connectivity index (χ4n) is 3.92. The minimum atomic E-state index is -1.12. The van der Waals surface area contributed by atoms with E-state index in [1.807, 2.05) is 6.92 Å². The number of unbranched alkanes of at least 4 members (excludes halogenated alkanes) is 1. The lowest BCUT2D eigenvalue weighted by Gasteiger charge is -2.34. The van der Waals surface area contributed by atoms with E-state index in [0.717, 1.165) is 71.2 Å². The molecule has 1 aromatic heterocycles. The SMILES string of the molecule is CCNC(=NCC(C)(O)c1ccco1)NCCCCN1CCN(Cc2ccccc2)CC1. The Labute approximate surface area is 192 Å². The second-order valence-electron chi connectivity index (χ2n) is 8.68. The third kappa shape index (κ3) is 7.97. The van der Waals surface area contributed by atoms with E-state index >= 15 is 0 Å². The number of nitrogens with one attached hydrogen (secondary N) is 2. The smallest absolute Gasteiger partial charge is 0.191 e. The third-order valence-electron chi connectivity index (χ3n) is 5.85. The van der Waals surface area contributed by atoms with Gasteiger partial charge in [0.05, 0.1) is 12.8 Å². The van der Waals surface area contributed by atoms with Gasteiger partial charge in [-0.25, -0.2) is 4.99 Å². The Balaban J connectivity index is 1.31. The first kappa shape index (κ1) is 24.3. The van der Waals surface area contributed by atoms with Gasteiger partial charge in [-0.2, -0.15) is 0 Å². The van der Waals surface area contributed by atoms with Gasteiger partial charge < -0.3 is 25.1 Å². The van der Waals surface area contributed by atoms with Crippen LogP contribution in [0.3, 0.4) is 0 Å². The van der Waals surface area contributed by atoms with E-state index < -0.39 is 5.60 Å². The van der Waals surface area contributed by atoms with Crippen molar-refractivity contribution >= 4 is 5.96 Å². The Morgan fingerprint density at radius 3 is 2.47 bits per heavy atom. The lowest BCUT2D eigenvalue weighted by molar-refractivity contribution is 0.0437. The number of nitrogens with zero attached hydrogens (tertiary/aromatic N) is 3. The van der Waals surface area contributed by atoms with Gasteiger partial charge in [0, 0.05) is 45.8 Å². The van der Waals surface area contributed by atoms with Crippen LogP contribution in [0.2, 0.25) is 0 Å². The predicted octanol–water partition coefficient (Wildman–Crippen LogP) is 2.64. The van der Waals surface area contributed by atoms with Crippen molar-refractivity contribution in [2.24, 2.45) is 4.99 Å². The average molecular weight is 442 g/mol. The minimum absolute atomic E-state index is 0.239. The average Bonchev–Trinajstić information content (AvgIpc) is 3.35. The summed E-state index contributed by atoms with van der Waals surface area (Å²) in [6.07, 6.45) is 3.82. The quantitative estimate of drug-likeness (QED) is 0.283. The van der Waals surface area contributed by atoms with Crippen LogP contribution in [0.1, 0.15) is 38.0 Å². The zero-order valence-electron chi connectivity index (χ0n) is 19.6. The third-order valence-corrected chi connectivity index (χ3v) is 5.85. The van der Waals surface area contributed by atoms with Gasteiger partial charge in [0.25, 0.3) is 0 Å². The largest absolute Gasteiger partial charge is 0.466 e. The van der Waals surface area contributed by atoms with E-state index in [-0.39, 0.29) is 6.54 Å². The summed E-state index contributed by atoms with van der Waals surface area (Å²) in [7, 11) is 0. The van der Waals surface area contributed by atoms with Crippen molar-refractivity contribution in [2.75, 3.05) is 52.4 Å². The fourth-order valence-corrected chi connectivity index (χ4v) is 3.92. The lowest BCUT2D eigenvalue weighted by Crippen LogP contribution is -2.46. The van der Waals surface area contributed by atoms with E-state index in [4.69, 9.17) is 4.42 Å². The number of piperazine rings is 1.